The molecule has 1 aromatic heterocycles. The van der Waals surface area contributed by atoms with Crippen molar-refractivity contribution < 1.29 is 18.0 Å². The van der Waals surface area contributed by atoms with E-state index in [2.05, 4.69) is 20.8 Å². The Balaban J connectivity index is 2.14. The first-order chi connectivity index (χ1) is 10.4. The van der Waals surface area contributed by atoms with E-state index in [9.17, 15) is 18.0 Å². The van der Waals surface area contributed by atoms with Crippen molar-refractivity contribution in [3.8, 4) is 0 Å². The molecule has 8 heteroatoms. The lowest BCUT2D eigenvalue weighted by atomic mass is 10.2. The smallest absolute Gasteiger partial charge is 0.276 e. The van der Waals surface area contributed by atoms with Gasteiger partial charge in [-0.3, -0.25) is 4.79 Å². The standard InChI is InChI=1S/C14H13F3N4O/c1-7(2)18-11-6-5-10(20-21-11)14(22)19-9-4-3-8(15)12(16)13(9)17/h3-7H,1-2H3,(H,18,21)(H,19,22). The molecule has 0 spiro atoms. The van der Waals surface area contributed by atoms with Crippen LogP contribution in [0.4, 0.5) is 24.7 Å². The summed E-state index contributed by atoms with van der Waals surface area (Å²) in [6.07, 6.45) is 0. The minimum Gasteiger partial charge on any atom is -0.366 e. The van der Waals surface area contributed by atoms with Gasteiger partial charge in [0.15, 0.2) is 23.1 Å². The van der Waals surface area contributed by atoms with E-state index in [1.807, 2.05) is 13.8 Å². The summed E-state index contributed by atoms with van der Waals surface area (Å²) in [4.78, 5) is 11.9. The van der Waals surface area contributed by atoms with Gasteiger partial charge in [0, 0.05) is 6.04 Å². The summed E-state index contributed by atoms with van der Waals surface area (Å²) < 4.78 is 39.4. The Hall–Kier alpha value is -2.64. The van der Waals surface area contributed by atoms with E-state index in [4.69, 9.17) is 0 Å². The third-order valence-corrected chi connectivity index (χ3v) is 2.62. The number of benzene rings is 1. The molecule has 0 atom stereocenters. The predicted octanol–water partition coefficient (Wildman–Crippen LogP) is 2.97. The van der Waals surface area contributed by atoms with E-state index < -0.39 is 29.0 Å². The first-order valence-electron chi connectivity index (χ1n) is 6.43. The molecule has 0 aliphatic heterocycles. The number of carbonyl (C=O) groups excluding carboxylic acids is 1. The van der Waals surface area contributed by atoms with Gasteiger partial charge in [0.1, 0.15) is 5.82 Å². The number of nitrogens with zero attached hydrogens (tertiary/aromatic N) is 2. The van der Waals surface area contributed by atoms with Crippen molar-refractivity contribution in [2.75, 3.05) is 10.6 Å². The molecular weight excluding hydrogens is 297 g/mol. The van der Waals surface area contributed by atoms with Crippen LogP contribution < -0.4 is 10.6 Å². The van der Waals surface area contributed by atoms with Gasteiger partial charge < -0.3 is 10.6 Å². The van der Waals surface area contributed by atoms with Crippen molar-refractivity contribution in [3.63, 3.8) is 0 Å². The Kier molecular flexibility index (Phi) is 4.59. The molecule has 0 aliphatic rings. The number of aromatic nitrogens is 2. The molecule has 0 saturated heterocycles. The third kappa shape index (κ3) is 3.51. The quantitative estimate of drug-likeness (QED) is 0.852. The molecule has 2 aromatic rings. The molecule has 1 aromatic carbocycles. The number of rotatable bonds is 4. The fraction of sp³-hybridized carbons (Fsp3) is 0.214. The van der Waals surface area contributed by atoms with Gasteiger partial charge in [-0.05, 0) is 38.1 Å². The average molecular weight is 310 g/mol. The van der Waals surface area contributed by atoms with Gasteiger partial charge in [-0.15, -0.1) is 10.2 Å². The first kappa shape index (κ1) is 15.7. The zero-order chi connectivity index (χ0) is 16.3. The molecule has 0 bridgehead atoms. The van der Waals surface area contributed by atoms with Crippen molar-refractivity contribution in [3.05, 3.63) is 47.4 Å². The SMILES string of the molecule is CC(C)Nc1ccc(C(=O)Nc2ccc(F)c(F)c2F)nn1. The van der Waals surface area contributed by atoms with Crippen LogP contribution in [0, 0.1) is 17.5 Å². The number of hydrogen-bond acceptors (Lipinski definition) is 4. The van der Waals surface area contributed by atoms with E-state index in [0.717, 1.165) is 12.1 Å². The molecule has 0 unspecified atom stereocenters. The van der Waals surface area contributed by atoms with Gasteiger partial charge >= 0.3 is 0 Å². The number of carbonyl (C=O) groups is 1. The summed E-state index contributed by atoms with van der Waals surface area (Å²) in [6.45, 7) is 3.82. The lowest BCUT2D eigenvalue weighted by Crippen LogP contribution is -2.17. The Morgan fingerprint density at radius 2 is 1.77 bits per heavy atom. The average Bonchev–Trinajstić information content (AvgIpc) is 2.48. The molecule has 0 aliphatic carbocycles. The van der Waals surface area contributed by atoms with E-state index in [1.165, 1.54) is 12.1 Å². The molecule has 5 nitrogen and oxygen atoms in total. The maximum absolute atomic E-state index is 13.5. The molecule has 0 radical (unpaired) electrons. The number of anilines is 2. The molecule has 116 valence electrons. The maximum atomic E-state index is 13.5. The van der Waals surface area contributed by atoms with Gasteiger partial charge in [0.25, 0.3) is 5.91 Å². The number of halogens is 3. The Labute approximate surface area is 124 Å². The Bertz CT molecular complexity index is 689. The highest BCUT2D eigenvalue weighted by Gasteiger charge is 2.16. The fourth-order valence-corrected chi connectivity index (χ4v) is 1.63. The summed E-state index contributed by atoms with van der Waals surface area (Å²) in [5.74, 6) is -4.77. The molecule has 0 saturated carbocycles. The molecule has 2 N–H and O–H groups in total. The van der Waals surface area contributed by atoms with Gasteiger partial charge in [0.05, 0.1) is 5.69 Å². The van der Waals surface area contributed by atoms with E-state index in [1.54, 1.807) is 0 Å². The van der Waals surface area contributed by atoms with Crippen LogP contribution >= 0.6 is 0 Å². The second-order valence-corrected chi connectivity index (χ2v) is 4.78. The van der Waals surface area contributed by atoms with Crippen molar-refractivity contribution in [1.82, 2.24) is 10.2 Å². The normalized spacial score (nSPS) is 10.6. The zero-order valence-electron chi connectivity index (χ0n) is 11.8. The lowest BCUT2D eigenvalue weighted by molar-refractivity contribution is 0.102. The van der Waals surface area contributed by atoms with Crippen molar-refractivity contribution in [2.45, 2.75) is 19.9 Å². The van der Waals surface area contributed by atoms with E-state index in [0.29, 0.717) is 5.82 Å². The summed E-state index contributed by atoms with van der Waals surface area (Å²) in [6, 6.07) is 4.70. The first-order valence-corrected chi connectivity index (χ1v) is 6.43. The van der Waals surface area contributed by atoms with Crippen LogP contribution in [-0.2, 0) is 0 Å². The molecule has 22 heavy (non-hydrogen) atoms. The minimum absolute atomic E-state index is 0.0848. The third-order valence-electron chi connectivity index (χ3n) is 2.62. The van der Waals surface area contributed by atoms with E-state index in [-0.39, 0.29) is 11.7 Å². The number of nitrogens with one attached hydrogen (secondary N) is 2. The van der Waals surface area contributed by atoms with Crippen LogP contribution in [0.1, 0.15) is 24.3 Å². The summed E-state index contributed by atoms with van der Waals surface area (Å²) in [5.41, 5.74) is -0.562. The van der Waals surface area contributed by atoms with Crippen molar-refractivity contribution in [2.24, 2.45) is 0 Å². The van der Waals surface area contributed by atoms with Crippen LogP contribution in [0.2, 0.25) is 0 Å². The highest BCUT2D eigenvalue weighted by atomic mass is 19.2. The summed E-state index contributed by atoms with van der Waals surface area (Å²) in [7, 11) is 0. The highest BCUT2D eigenvalue weighted by Crippen LogP contribution is 2.20. The topological polar surface area (TPSA) is 66.9 Å². The lowest BCUT2D eigenvalue weighted by Gasteiger charge is -2.09. The maximum Gasteiger partial charge on any atom is 0.276 e. The summed E-state index contributed by atoms with van der Waals surface area (Å²) in [5, 5.41) is 12.6. The predicted molar refractivity (Wildman–Crippen MR) is 75.1 cm³/mol. The van der Waals surface area contributed by atoms with Crippen LogP contribution in [0.3, 0.4) is 0 Å². The van der Waals surface area contributed by atoms with Gasteiger partial charge in [-0.25, -0.2) is 13.2 Å². The van der Waals surface area contributed by atoms with Crippen LogP contribution in [0.15, 0.2) is 24.3 Å². The van der Waals surface area contributed by atoms with E-state index >= 15 is 0 Å². The fourth-order valence-electron chi connectivity index (χ4n) is 1.63. The number of hydrogen-bond donors (Lipinski definition) is 2. The van der Waals surface area contributed by atoms with Crippen LogP contribution in [0.5, 0.6) is 0 Å². The molecule has 0 fully saturated rings. The monoisotopic (exact) mass is 310 g/mol. The number of amides is 1. The van der Waals surface area contributed by atoms with Gasteiger partial charge in [-0.2, -0.15) is 0 Å². The Morgan fingerprint density at radius 1 is 1.05 bits per heavy atom. The van der Waals surface area contributed by atoms with Crippen LogP contribution in [-0.4, -0.2) is 22.1 Å². The van der Waals surface area contributed by atoms with Gasteiger partial charge in [0.2, 0.25) is 0 Å². The largest absolute Gasteiger partial charge is 0.366 e. The van der Waals surface area contributed by atoms with Crippen molar-refractivity contribution in [1.29, 1.82) is 0 Å². The zero-order valence-corrected chi connectivity index (χ0v) is 11.8. The van der Waals surface area contributed by atoms with Crippen molar-refractivity contribution >= 4 is 17.4 Å². The van der Waals surface area contributed by atoms with Crippen LogP contribution in [0.25, 0.3) is 0 Å². The Morgan fingerprint density at radius 3 is 2.36 bits per heavy atom. The van der Waals surface area contributed by atoms with Gasteiger partial charge in [-0.1, -0.05) is 0 Å². The second kappa shape index (κ2) is 6.42. The minimum atomic E-state index is -1.65. The molecule has 1 amide bonds. The second-order valence-electron chi connectivity index (χ2n) is 4.78. The molecule has 2 rings (SSSR count). The summed E-state index contributed by atoms with van der Waals surface area (Å²) >= 11 is 0. The molecule has 1 heterocycles. The molecular formula is C14H13F3N4O. The highest BCUT2D eigenvalue weighted by molar-refractivity contribution is 6.02.